The molecule has 0 bridgehead atoms. The van der Waals surface area contributed by atoms with Gasteiger partial charge in [-0.15, -0.1) is 0 Å². The Bertz CT molecular complexity index is 663. The van der Waals surface area contributed by atoms with Crippen molar-refractivity contribution in [3.63, 3.8) is 0 Å². The van der Waals surface area contributed by atoms with Crippen molar-refractivity contribution in [3.05, 3.63) is 36.0 Å². The van der Waals surface area contributed by atoms with Gasteiger partial charge in [0.1, 0.15) is 6.07 Å². The third-order valence-corrected chi connectivity index (χ3v) is 3.94. The van der Waals surface area contributed by atoms with Crippen molar-refractivity contribution in [2.24, 2.45) is 5.92 Å². The van der Waals surface area contributed by atoms with E-state index in [1.54, 1.807) is 6.20 Å². The van der Waals surface area contributed by atoms with E-state index in [1.165, 1.54) is 12.8 Å². The van der Waals surface area contributed by atoms with Crippen molar-refractivity contribution in [3.8, 4) is 6.07 Å². The summed E-state index contributed by atoms with van der Waals surface area (Å²) >= 11 is 0. The minimum atomic E-state index is 0.0235. The smallest absolute Gasteiger partial charge is 0.103 e. The summed E-state index contributed by atoms with van der Waals surface area (Å²) in [7, 11) is 0. The third kappa shape index (κ3) is 2.15. The first kappa shape index (κ1) is 12.0. The van der Waals surface area contributed by atoms with Crippen LogP contribution in [-0.4, -0.2) is 10.5 Å². The van der Waals surface area contributed by atoms with Crippen LogP contribution in [0.25, 0.3) is 10.9 Å². The molecule has 3 heteroatoms. The Hall–Kier alpha value is -2.08. The Kier molecular flexibility index (Phi) is 2.67. The molecule has 96 valence electrons. The zero-order valence-corrected chi connectivity index (χ0v) is 11.3. The van der Waals surface area contributed by atoms with Crippen LogP contribution in [0.1, 0.15) is 32.3 Å². The van der Waals surface area contributed by atoms with Gasteiger partial charge in [-0.2, -0.15) is 5.26 Å². The molecule has 1 saturated carbocycles. The van der Waals surface area contributed by atoms with Crippen LogP contribution in [0.15, 0.2) is 30.5 Å². The number of pyridine rings is 1. The molecule has 1 heterocycles. The molecule has 2 aromatic rings. The van der Waals surface area contributed by atoms with Crippen LogP contribution in [0, 0.1) is 17.2 Å². The van der Waals surface area contributed by atoms with E-state index in [1.807, 2.05) is 24.3 Å². The summed E-state index contributed by atoms with van der Waals surface area (Å²) in [5.41, 5.74) is 2.49. The molecule has 0 atom stereocenters. The van der Waals surface area contributed by atoms with E-state index in [4.69, 9.17) is 0 Å². The van der Waals surface area contributed by atoms with Gasteiger partial charge < -0.3 is 5.32 Å². The second-order valence-electron chi connectivity index (χ2n) is 5.80. The first-order chi connectivity index (χ1) is 9.12. The van der Waals surface area contributed by atoms with Gasteiger partial charge in [0.15, 0.2) is 0 Å². The number of rotatable bonds is 3. The van der Waals surface area contributed by atoms with Crippen LogP contribution in [0.3, 0.4) is 0 Å². The summed E-state index contributed by atoms with van der Waals surface area (Å²) in [6, 6.07) is 10.2. The summed E-state index contributed by atoms with van der Waals surface area (Å²) in [6.45, 7) is 4.42. The first-order valence-corrected chi connectivity index (χ1v) is 6.68. The molecule has 1 N–H and O–H groups in total. The number of nitrogens with zero attached hydrogens (tertiary/aromatic N) is 2. The van der Waals surface area contributed by atoms with Crippen molar-refractivity contribution in [1.82, 2.24) is 4.98 Å². The van der Waals surface area contributed by atoms with E-state index in [2.05, 4.69) is 30.2 Å². The summed E-state index contributed by atoms with van der Waals surface area (Å²) in [5.74, 6) is 0.700. The molecule has 1 fully saturated rings. The summed E-state index contributed by atoms with van der Waals surface area (Å²) in [5, 5.41) is 13.9. The van der Waals surface area contributed by atoms with Crippen LogP contribution in [0.2, 0.25) is 0 Å². The number of benzene rings is 1. The van der Waals surface area contributed by atoms with Gasteiger partial charge in [-0.3, -0.25) is 4.98 Å². The molecule has 1 aliphatic rings. The fourth-order valence-corrected chi connectivity index (χ4v) is 2.59. The molecule has 0 radical (unpaired) electrons. The Morgan fingerprint density at radius 1 is 1.32 bits per heavy atom. The SMILES string of the molecule is CC(C)(Nc1c(C#N)cnc2ccccc12)C1CC1. The largest absolute Gasteiger partial charge is 0.378 e. The molecule has 0 aliphatic heterocycles. The van der Waals surface area contributed by atoms with E-state index >= 15 is 0 Å². The normalized spacial score (nSPS) is 15.2. The average molecular weight is 251 g/mol. The Morgan fingerprint density at radius 3 is 2.74 bits per heavy atom. The fourth-order valence-electron chi connectivity index (χ4n) is 2.59. The van der Waals surface area contributed by atoms with E-state index in [0.29, 0.717) is 11.5 Å². The fraction of sp³-hybridized carbons (Fsp3) is 0.375. The number of nitriles is 1. The molecule has 1 aliphatic carbocycles. The predicted octanol–water partition coefficient (Wildman–Crippen LogP) is 3.71. The quantitative estimate of drug-likeness (QED) is 0.904. The molecular formula is C16H17N3. The van der Waals surface area contributed by atoms with Gasteiger partial charge in [0.05, 0.1) is 16.8 Å². The molecule has 3 rings (SSSR count). The van der Waals surface area contributed by atoms with Gasteiger partial charge in [0.25, 0.3) is 0 Å². The van der Waals surface area contributed by atoms with Crippen LogP contribution in [-0.2, 0) is 0 Å². The third-order valence-electron chi connectivity index (χ3n) is 3.94. The minimum Gasteiger partial charge on any atom is -0.378 e. The molecule has 0 amide bonds. The Labute approximate surface area is 113 Å². The predicted molar refractivity (Wildman–Crippen MR) is 76.9 cm³/mol. The standard InChI is InChI=1S/C16H17N3/c1-16(2,12-7-8-12)19-15-11(9-17)10-18-14-6-4-3-5-13(14)15/h3-6,10,12H,7-8H2,1-2H3,(H,18,19). The Balaban J connectivity index is 2.12. The Morgan fingerprint density at radius 2 is 2.05 bits per heavy atom. The van der Waals surface area contributed by atoms with Crippen molar-refractivity contribution < 1.29 is 0 Å². The highest BCUT2D eigenvalue weighted by molar-refractivity contribution is 5.94. The van der Waals surface area contributed by atoms with Gasteiger partial charge in [-0.1, -0.05) is 18.2 Å². The number of fused-ring (bicyclic) bond motifs is 1. The van der Waals surface area contributed by atoms with Gasteiger partial charge in [0.2, 0.25) is 0 Å². The second-order valence-corrected chi connectivity index (χ2v) is 5.80. The number of hydrogen-bond acceptors (Lipinski definition) is 3. The highest BCUT2D eigenvalue weighted by Crippen LogP contribution is 2.42. The van der Waals surface area contributed by atoms with Crippen molar-refractivity contribution in [2.75, 3.05) is 5.32 Å². The van der Waals surface area contributed by atoms with E-state index in [-0.39, 0.29) is 5.54 Å². The minimum absolute atomic E-state index is 0.0235. The van der Waals surface area contributed by atoms with Crippen LogP contribution in [0.5, 0.6) is 0 Å². The monoisotopic (exact) mass is 251 g/mol. The van der Waals surface area contributed by atoms with Gasteiger partial charge >= 0.3 is 0 Å². The molecule has 0 unspecified atom stereocenters. The summed E-state index contributed by atoms with van der Waals surface area (Å²) in [4.78, 5) is 4.34. The molecule has 19 heavy (non-hydrogen) atoms. The van der Waals surface area contributed by atoms with Crippen LogP contribution >= 0.6 is 0 Å². The lowest BCUT2D eigenvalue weighted by atomic mass is 9.97. The topological polar surface area (TPSA) is 48.7 Å². The number of anilines is 1. The molecular weight excluding hydrogens is 234 g/mol. The zero-order valence-electron chi connectivity index (χ0n) is 11.3. The molecule has 1 aromatic heterocycles. The van der Waals surface area contributed by atoms with Gasteiger partial charge in [-0.05, 0) is 38.7 Å². The molecule has 1 aromatic carbocycles. The van der Waals surface area contributed by atoms with Crippen molar-refractivity contribution in [2.45, 2.75) is 32.2 Å². The average Bonchev–Trinajstić information content (AvgIpc) is 3.23. The van der Waals surface area contributed by atoms with Gasteiger partial charge in [-0.25, -0.2) is 0 Å². The highest BCUT2D eigenvalue weighted by Gasteiger charge is 2.38. The molecule has 3 nitrogen and oxygen atoms in total. The van der Waals surface area contributed by atoms with E-state index in [9.17, 15) is 5.26 Å². The van der Waals surface area contributed by atoms with Crippen molar-refractivity contribution >= 4 is 16.6 Å². The maximum absolute atomic E-state index is 9.30. The summed E-state index contributed by atoms with van der Waals surface area (Å²) < 4.78 is 0. The lowest BCUT2D eigenvalue weighted by Crippen LogP contribution is -2.33. The van der Waals surface area contributed by atoms with Crippen molar-refractivity contribution in [1.29, 1.82) is 5.26 Å². The number of aromatic nitrogens is 1. The van der Waals surface area contributed by atoms with Gasteiger partial charge in [0, 0.05) is 17.1 Å². The van der Waals surface area contributed by atoms with E-state index in [0.717, 1.165) is 16.6 Å². The maximum atomic E-state index is 9.30. The number of para-hydroxylation sites is 1. The summed E-state index contributed by atoms with van der Waals surface area (Å²) in [6.07, 6.45) is 4.20. The van der Waals surface area contributed by atoms with E-state index < -0.39 is 0 Å². The zero-order chi connectivity index (χ0) is 13.5. The van der Waals surface area contributed by atoms with Crippen LogP contribution < -0.4 is 5.32 Å². The molecule has 0 saturated heterocycles. The first-order valence-electron chi connectivity index (χ1n) is 6.68. The lowest BCUT2D eigenvalue weighted by Gasteiger charge is -2.28. The maximum Gasteiger partial charge on any atom is 0.103 e. The molecule has 0 spiro atoms. The number of hydrogen-bond donors (Lipinski definition) is 1. The highest BCUT2D eigenvalue weighted by atomic mass is 15.0. The van der Waals surface area contributed by atoms with Crippen LogP contribution in [0.4, 0.5) is 5.69 Å². The lowest BCUT2D eigenvalue weighted by molar-refractivity contribution is 0.495. The number of nitrogens with one attached hydrogen (secondary N) is 1. The second kappa shape index (κ2) is 4.24.